The number of hydrogen-bond acceptors (Lipinski definition) is 2. The van der Waals surface area contributed by atoms with E-state index in [1.54, 1.807) is 5.57 Å². The number of allylic oxidation sites excluding steroid dienone is 1. The third-order valence-electron chi connectivity index (χ3n) is 3.46. The van der Waals surface area contributed by atoms with Crippen molar-refractivity contribution in [2.75, 3.05) is 6.54 Å². The Kier molecular flexibility index (Phi) is 4.43. The zero-order valence-corrected chi connectivity index (χ0v) is 11.0. The van der Waals surface area contributed by atoms with Gasteiger partial charge < -0.3 is 9.73 Å². The molecule has 2 rings (SSSR count). The summed E-state index contributed by atoms with van der Waals surface area (Å²) < 4.78 is 5.57. The summed E-state index contributed by atoms with van der Waals surface area (Å²) in [6, 6.07) is 2.51. The topological polar surface area (TPSA) is 25.2 Å². The van der Waals surface area contributed by atoms with Gasteiger partial charge in [0, 0.05) is 12.0 Å². The minimum absolute atomic E-state index is 0.381. The van der Waals surface area contributed by atoms with Crippen LogP contribution in [0, 0.1) is 0 Å². The molecule has 0 aromatic carbocycles. The SMILES string of the molecule is CCCNC(C1=CCCC1)c1ccoc1CC. The van der Waals surface area contributed by atoms with Gasteiger partial charge in [-0.25, -0.2) is 0 Å². The molecule has 0 bridgehead atoms. The quantitative estimate of drug-likeness (QED) is 0.751. The lowest BCUT2D eigenvalue weighted by atomic mass is 9.97. The van der Waals surface area contributed by atoms with E-state index in [-0.39, 0.29) is 0 Å². The zero-order valence-electron chi connectivity index (χ0n) is 11.0. The van der Waals surface area contributed by atoms with Gasteiger partial charge in [-0.05, 0) is 38.3 Å². The van der Waals surface area contributed by atoms with Gasteiger partial charge in [0.25, 0.3) is 0 Å². The van der Waals surface area contributed by atoms with Crippen LogP contribution in [-0.2, 0) is 6.42 Å². The van der Waals surface area contributed by atoms with Gasteiger partial charge in [0.2, 0.25) is 0 Å². The minimum Gasteiger partial charge on any atom is -0.469 e. The molecule has 0 saturated carbocycles. The van der Waals surface area contributed by atoms with Crippen LogP contribution in [0.5, 0.6) is 0 Å². The van der Waals surface area contributed by atoms with E-state index in [1.165, 1.54) is 31.2 Å². The van der Waals surface area contributed by atoms with Gasteiger partial charge in [-0.2, -0.15) is 0 Å². The Hall–Kier alpha value is -1.02. The van der Waals surface area contributed by atoms with Gasteiger partial charge >= 0.3 is 0 Å². The number of nitrogens with one attached hydrogen (secondary N) is 1. The van der Waals surface area contributed by atoms with Gasteiger partial charge in [0.05, 0.1) is 12.3 Å². The first-order valence-electron chi connectivity index (χ1n) is 6.85. The molecule has 1 heterocycles. The maximum atomic E-state index is 5.57. The lowest BCUT2D eigenvalue weighted by molar-refractivity contribution is 0.497. The molecule has 0 aliphatic heterocycles. The smallest absolute Gasteiger partial charge is 0.108 e. The Morgan fingerprint density at radius 1 is 1.41 bits per heavy atom. The molecule has 1 aliphatic carbocycles. The molecule has 1 unspecified atom stereocenters. The summed E-state index contributed by atoms with van der Waals surface area (Å²) in [5.41, 5.74) is 2.89. The highest BCUT2D eigenvalue weighted by Gasteiger charge is 2.21. The maximum absolute atomic E-state index is 5.57. The fraction of sp³-hybridized carbons (Fsp3) is 0.600. The van der Waals surface area contributed by atoms with Crippen LogP contribution in [0.25, 0.3) is 0 Å². The summed E-state index contributed by atoms with van der Waals surface area (Å²) in [7, 11) is 0. The van der Waals surface area contributed by atoms with E-state index in [4.69, 9.17) is 4.42 Å². The summed E-state index contributed by atoms with van der Waals surface area (Å²) in [5.74, 6) is 1.13. The second kappa shape index (κ2) is 6.06. The molecule has 2 heteroatoms. The highest BCUT2D eigenvalue weighted by molar-refractivity contribution is 5.31. The second-order valence-corrected chi connectivity index (χ2v) is 4.71. The Labute approximate surface area is 104 Å². The Balaban J connectivity index is 2.19. The van der Waals surface area contributed by atoms with Gasteiger partial charge in [0.1, 0.15) is 5.76 Å². The van der Waals surface area contributed by atoms with E-state index in [0.717, 1.165) is 18.7 Å². The fourth-order valence-electron chi connectivity index (χ4n) is 2.58. The van der Waals surface area contributed by atoms with Crippen LogP contribution in [0.1, 0.15) is 56.9 Å². The van der Waals surface area contributed by atoms with Crippen molar-refractivity contribution >= 4 is 0 Å². The molecule has 0 spiro atoms. The van der Waals surface area contributed by atoms with Gasteiger partial charge in [-0.1, -0.05) is 25.5 Å². The number of aryl methyl sites for hydroxylation is 1. The molecular weight excluding hydrogens is 210 g/mol. The third kappa shape index (κ3) is 2.81. The van der Waals surface area contributed by atoms with Crippen molar-refractivity contribution in [3.8, 4) is 0 Å². The summed E-state index contributed by atoms with van der Waals surface area (Å²) in [4.78, 5) is 0. The average Bonchev–Trinajstić information content (AvgIpc) is 3.00. The first kappa shape index (κ1) is 12.4. The molecule has 1 N–H and O–H groups in total. The van der Waals surface area contributed by atoms with Crippen molar-refractivity contribution in [1.82, 2.24) is 5.32 Å². The molecule has 1 atom stereocenters. The van der Waals surface area contributed by atoms with Crippen molar-refractivity contribution < 1.29 is 4.42 Å². The predicted octanol–water partition coefficient (Wildman–Crippen LogP) is 3.99. The number of rotatable bonds is 6. The van der Waals surface area contributed by atoms with Crippen LogP contribution in [-0.4, -0.2) is 6.54 Å². The predicted molar refractivity (Wildman–Crippen MR) is 71.1 cm³/mol. The summed E-state index contributed by atoms with van der Waals surface area (Å²) >= 11 is 0. The van der Waals surface area contributed by atoms with Crippen molar-refractivity contribution in [3.63, 3.8) is 0 Å². The average molecular weight is 233 g/mol. The van der Waals surface area contributed by atoms with Crippen LogP contribution in [0.3, 0.4) is 0 Å². The van der Waals surface area contributed by atoms with Crippen LogP contribution in [0.15, 0.2) is 28.4 Å². The first-order valence-corrected chi connectivity index (χ1v) is 6.85. The second-order valence-electron chi connectivity index (χ2n) is 4.71. The standard InChI is InChI=1S/C15H23NO/c1-3-10-16-15(12-7-5-6-8-12)13-9-11-17-14(13)4-2/h7,9,11,15-16H,3-6,8,10H2,1-2H3. The van der Waals surface area contributed by atoms with E-state index >= 15 is 0 Å². The normalized spacial score (nSPS) is 17.2. The van der Waals surface area contributed by atoms with Crippen molar-refractivity contribution in [3.05, 3.63) is 35.3 Å². The van der Waals surface area contributed by atoms with Crippen LogP contribution in [0.4, 0.5) is 0 Å². The van der Waals surface area contributed by atoms with Crippen LogP contribution < -0.4 is 5.32 Å². The molecular formula is C15H23NO. The molecule has 0 radical (unpaired) electrons. The number of furan rings is 1. The largest absolute Gasteiger partial charge is 0.469 e. The maximum Gasteiger partial charge on any atom is 0.108 e. The van der Waals surface area contributed by atoms with E-state index in [0.29, 0.717) is 6.04 Å². The first-order chi connectivity index (χ1) is 8.36. The molecule has 1 aromatic heterocycles. The van der Waals surface area contributed by atoms with E-state index < -0.39 is 0 Å². The van der Waals surface area contributed by atoms with E-state index in [2.05, 4.69) is 31.3 Å². The zero-order chi connectivity index (χ0) is 12.1. The Morgan fingerprint density at radius 3 is 2.94 bits per heavy atom. The Bertz CT molecular complexity index is 378. The van der Waals surface area contributed by atoms with Crippen molar-refractivity contribution in [2.45, 2.75) is 52.0 Å². The fourth-order valence-corrected chi connectivity index (χ4v) is 2.58. The minimum atomic E-state index is 0.381. The summed E-state index contributed by atoms with van der Waals surface area (Å²) in [6.07, 6.45) is 10.1. The molecule has 1 aromatic rings. The van der Waals surface area contributed by atoms with E-state index in [9.17, 15) is 0 Å². The molecule has 0 fully saturated rings. The van der Waals surface area contributed by atoms with Crippen molar-refractivity contribution in [2.24, 2.45) is 0 Å². The summed E-state index contributed by atoms with van der Waals surface area (Å²) in [5, 5.41) is 3.66. The molecule has 0 saturated heterocycles. The molecule has 0 amide bonds. The van der Waals surface area contributed by atoms with Crippen LogP contribution >= 0.6 is 0 Å². The summed E-state index contributed by atoms with van der Waals surface area (Å²) in [6.45, 7) is 5.43. The molecule has 2 nitrogen and oxygen atoms in total. The van der Waals surface area contributed by atoms with Crippen molar-refractivity contribution in [1.29, 1.82) is 0 Å². The molecule has 1 aliphatic rings. The van der Waals surface area contributed by atoms with Crippen LogP contribution in [0.2, 0.25) is 0 Å². The third-order valence-corrected chi connectivity index (χ3v) is 3.46. The lowest BCUT2D eigenvalue weighted by Gasteiger charge is -2.20. The Morgan fingerprint density at radius 2 is 2.29 bits per heavy atom. The monoisotopic (exact) mass is 233 g/mol. The molecule has 17 heavy (non-hydrogen) atoms. The highest BCUT2D eigenvalue weighted by atomic mass is 16.3. The van der Waals surface area contributed by atoms with Gasteiger partial charge in [-0.3, -0.25) is 0 Å². The lowest BCUT2D eigenvalue weighted by Crippen LogP contribution is -2.24. The van der Waals surface area contributed by atoms with E-state index in [1.807, 2.05) is 6.26 Å². The van der Waals surface area contributed by atoms with Gasteiger partial charge in [0.15, 0.2) is 0 Å². The molecule has 94 valence electrons. The highest BCUT2D eigenvalue weighted by Crippen LogP contribution is 2.33. The number of hydrogen-bond donors (Lipinski definition) is 1. The van der Waals surface area contributed by atoms with Gasteiger partial charge in [-0.15, -0.1) is 0 Å².